The lowest BCUT2D eigenvalue weighted by Gasteiger charge is -2.30. The molecule has 0 aliphatic carbocycles. The molecule has 0 radical (unpaired) electrons. The molecule has 1 spiro atoms. The van der Waals surface area contributed by atoms with E-state index in [0.29, 0.717) is 16.3 Å². The second-order valence-electron chi connectivity index (χ2n) is 11.7. The maximum atomic E-state index is 15.0. The third kappa shape index (κ3) is 5.19. The summed E-state index contributed by atoms with van der Waals surface area (Å²) in [6.45, 7) is 4.13. The number of likely N-dealkylation sites (tertiary alicyclic amines) is 1. The molecule has 1 unspecified atom stereocenters. The van der Waals surface area contributed by atoms with Crippen LogP contribution in [-0.4, -0.2) is 45.7 Å². The Morgan fingerprint density at radius 2 is 1.98 bits per heavy atom. The normalized spacial score (nSPS) is 21.6. The van der Waals surface area contributed by atoms with Crippen molar-refractivity contribution >= 4 is 45.8 Å². The number of aromatic nitrogens is 1. The summed E-state index contributed by atoms with van der Waals surface area (Å²) in [7, 11) is 0. The molecule has 3 aromatic rings. The number of H-pyrrole nitrogens is 1. The molecule has 1 saturated heterocycles. The molecule has 2 aliphatic heterocycles. The van der Waals surface area contributed by atoms with Gasteiger partial charge in [0.15, 0.2) is 5.78 Å². The number of rotatable bonds is 7. The molecular formula is C30H28ClF3N4O3. The van der Waals surface area contributed by atoms with E-state index >= 15 is 0 Å². The summed E-state index contributed by atoms with van der Waals surface area (Å²) in [4.78, 5) is 44.5. The molecule has 2 amide bonds. The van der Waals surface area contributed by atoms with Crippen molar-refractivity contribution in [2.45, 2.75) is 57.2 Å². The smallest absolute Gasteiger partial charge is 0.237 e. The number of nitriles is 1. The Labute approximate surface area is 239 Å². The van der Waals surface area contributed by atoms with Gasteiger partial charge in [-0.1, -0.05) is 18.5 Å². The molecule has 1 aromatic heterocycles. The average molecular weight is 585 g/mol. The van der Waals surface area contributed by atoms with Crippen molar-refractivity contribution in [1.82, 2.24) is 9.88 Å². The third-order valence-electron chi connectivity index (χ3n) is 8.05. The predicted octanol–water partition coefficient (Wildman–Crippen LogP) is 6.08. The number of anilines is 1. The molecule has 2 N–H and O–H groups in total. The maximum Gasteiger partial charge on any atom is 0.237 e. The minimum atomic E-state index is -1.78. The fourth-order valence-corrected chi connectivity index (χ4v) is 6.35. The van der Waals surface area contributed by atoms with Crippen LogP contribution in [0.15, 0.2) is 36.4 Å². The lowest BCUT2D eigenvalue weighted by molar-refractivity contribution is -0.137. The highest BCUT2D eigenvalue weighted by Gasteiger charge is 2.56. The van der Waals surface area contributed by atoms with Crippen LogP contribution in [0.25, 0.3) is 10.9 Å². The first kappa shape index (κ1) is 28.7. The summed E-state index contributed by atoms with van der Waals surface area (Å²) in [5.41, 5.74) is -1.66. The topological polar surface area (TPSA) is 106 Å². The van der Waals surface area contributed by atoms with Gasteiger partial charge in [0.25, 0.3) is 0 Å². The van der Waals surface area contributed by atoms with Crippen molar-refractivity contribution in [1.29, 1.82) is 5.26 Å². The van der Waals surface area contributed by atoms with Crippen molar-refractivity contribution in [3.8, 4) is 6.07 Å². The van der Waals surface area contributed by atoms with Gasteiger partial charge >= 0.3 is 0 Å². The Morgan fingerprint density at radius 3 is 2.66 bits per heavy atom. The quantitative estimate of drug-likeness (QED) is 0.328. The number of nitrogens with one attached hydrogen (secondary N) is 2. The zero-order valence-corrected chi connectivity index (χ0v) is 23.4. The molecule has 0 saturated carbocycles. The molecule has 4 atom stereocenters. The number of carbonyl (C=O) groups excluding carboxylic acids is 3. The van der Waals surface area contributed by atoms with E-state index in [1.54, 1.807) is 25.1 Å². The van der Waals surface area contributed by atoms with Crippen molar-refractivity contribution in [2.75, 3.05) is 11.9 Å². The van der Waals surface area contributed by atoms with Crippen LogP contribution in [0.1, 0.15) is 56.1 Å². The van der Waals surface area contributed by atoms with Crippen LogP contribution in [0.2, 0.25) is 5.02 Å². The molecule has 214 valence electrons. The summed E-state index contributed by atoms with van der Waals surface area (Å²) < 4.78 is 42.8. The molecule has 11 heteroatoms. The second-order valence-corrected chi connectivity index (χ2v) is 12.1. The Bertz CT molecular complexity index is 1630. The van der Waals surface area contributed by atoms with Crippen LogP contribution in [0.5, 0.6) is 0 Å². The first-order chi connectivity index (χ1) is 19.2. The van der Waals surface area contributed by atoms with E-state index in [4.69, 9.17) is 11.6 Å². The molecular weight excluding hydrogens is 557 g/mol. The number of Topliss-reactive ketones (excluding diaryl/α,β-unsaturated/α-hetero) is 1. The van der Waals surface area contributed by atoms with Crippen molar-refractivity contribution in [3.05, 3.63) is 64.3 Å². The van der Waals surface area contributed by atoms with E-state index in [-0.39, 0.29) is 48.3 Å². The Kier molecular flexibility index (Phi) is 7.14. The first-order valence-corrected chi connectivity index (χ1v) is 13.6. The zero-order chi connectivity index (χ0) is 29.9. The monoisotopic (exact) mass is 584 g/mol. The average Bonchev–Trinajstić information content (AvgIpc) is 3.57. The standard InChI is InChI=1S/C30H28ClF3N4O3/c1-15(26(39)25-10-20-22(33)8-18(32)9-24(20)36-25)6-16(11-29(2,3)34)27(40)38-14-30(12-19(38)13-35)21-7-17(31)4-5-23(21)37-28(30)41/h4-5,7-10,15-16,19,36H,6,11-12,14H2,1-3H3,(H,37,41)/t15?,16-,19-,30-/m0/s1. The number of alkyl halides is 1. The van der Waals surface area contributed by atoms with Gasteiger partial charge < -0.3 is 15.2 Å². The zero-order valence-electron chi connectivity index (χ0n) is 22.7. The number of carbonyl (C=O) groups is 3. The summed E-state index contributed by atoms with van der Waals surface area (Å²) in [5, 5.41) is 13.2. The number of ketones is 1. The van der Waals surface area contributed by atoms with Gasteiger partial charge in [0.2, 0.25) is 11.8 Å². The number of hydrogen-bond acceptors (Lipinski definition) is 4. The maximum absolute atomic E-state index is 15.0. The Hall–Kier alpha value is -3.84. The molecule has 2 aliphatic rings. The van der Waals surface area contributed by atoms with Crippen molar-refractivity contribution in [3.63, 3.8) is 0 Å². The fourth-order valence-electron chi connectivity index (χ4n) is 6.18. The lowest BCUT2D eigenvalue weighted by atomic mass is 9.79. The van der Waals surface area contributed by atoms with Crippen LogP contribution < -0.4 is 5.32 Å². The van der Waals surface area contributed by atoms with E-state index in [9.17, 15) is 32.8 Å². The van der Waals surface area contributed by atoms with E-state index < -0.39 is 52.3 Å². The van der Waals surface area contributed by atoms with Crippen LogP contribution in [0.4, 0.5) is 18.9 Å². The van der Waals surface area contributed by atoms with Gasteiger partial charge in [-0.3, -0.25) is 14.4 Å². The van der Waals surface area contributed by atoms with Crippen LogP contribution in [0, 0.1) is 34.8 Å². The highest BCUT2D eigenvalue weighted by molar-refractivity contribution is 6.31. The van der Waals surface area contributed by atoms with E-state index in [0.717, 1.165) is 12.1 Å². The second kappa shape index (κ2) is 10.2. The minimum Gasteiger partial charge on any atom is -0.352 e. The lowest BCUT2D eigenvalue weighted by Crippen LogP contribution is -2.44. The highest BCUT2D eigenvalue weighted by Crippen LogP contribution is 2.48. The van der Waals surface area contributed by atoms with E-state index in [1.165, 1.54) is 24.8 Å². The fraction of sp³-hybridized carbons (Fsp3) is 0.400. The summed E-state index contributed by atoms with van der Waals surface area (Å²) >= 11 is 6.20. The van der Waals surface area contributed by atoms with Crippen molar-refractivity contribution < 1.29 is 27.6 Å². The van der Waals surface area contributed by atoms with Gasteiger partial charge in [-0.05, 0) is 62.6 Å². The molecule has 1 fully saturated rings. The van der Waals surface area contributed by atoms with Gasteiger partial charge in [0, 0.05) is 47.0 Å². The summed E-state index contributed by atoms with van der Waals surface area (Å²) in [6.07, 6.45) is -0.244. The van der Waals surface area contributed by atoms with Crippen LogP contribution >= 0.6 is 11.6 Å². The molecule has 41 heavy (non-hydrogen) atoms. The molecule has 7 nitrogen and oxygen atoms in total. The number of amides is 2. The number of aromatic amines is 1. The predicted molar refractivity (Wildman–Crippen MR) is 147 cm³/mol. The van der Waals surface area contributed by atoms with Gasteiger partial charge in [-0.2, -0.15) is 5.26 Å². The van der Waals surface area contributed by atoms with Gasteiger partial charge in [-0.15, -0.1) is 0 Å². The molecule has 3 heterocycles. The number of nitrogens with zero attached hydrogens (tertiary/aromatic N) is 2. The Balaban J connectivity index is 1.42. The van der Waals surface area contributed by atoms with Crippen molar-refractivity contribution in [2.24, 2.45) is 11.8 Å². The Morgan fingerprint density at radius 1 is 1.24 bits per heavy atom. The third-order valence-corrected chi connectivity index (χ3v) is 8.29. The SMILES string of the molecule is CC(C[C@@H](CC(C)(C)F)C(=O)N1C[C@]2(C[C@H]1C#N)C(=O)Nc1ccc(Cl)cc12)C(=O)c1cc2c(F)cc(F)cc2[nH]1. The number of benzene rings is 2. The van der Waals surface area contributed by atoms with Crippen LogP contribution in [-0.2, 0) is 15.0 Å². The van der Waals surface area contributed by atoms with E-state index in [2.05, 4.69) is 16.4 Å². The minimum absolute atomic E-state index is 0.0360. The molecule has 0 bridgehead atoms. The highest BCUT2D eigenvalue weighted by atomic mass is 35.5. The largest absolute Gasteiger partial charge is 0.352 e. The molecule has 5 rings (SSSR count). The van der Waals surface area contributed by atoms with Gasteiger partial charge in [0.05, 0.1) is 22.7 Å². The number of fused-ring (bicyclic) bond motifs is 3. The summed E-state index contributed by atoms with van der Waals surface area (Å²) in [5.74, 6) is -4.76. The first-order valence-electron chi connectivity index (χ1n) is 13.2. The van der Waals surface area contributed by atoms with Crippen LogP contribution in [0.3, 0.4) is 0 Å². The number of halogens is 4. The van der Waals surface area contributed by atoms with E-state index in [1.807, 2.05) is 0 Å². The summed E-state index contributed by atoms with van der Waals surface area (Å²) in [6, 6.07) is 9.19. The van der Waals surface area contributed by atoms with Gasteiger partial charge in [-0.25, -0.2) is 13.2 Å². The molecule has 2 aromatic carbocycles. The van der Waals surface area contributed by atoms with Gasteiger partial charge in [0.1, 0.15) is 23.3 Å². The number of hydrogen-bond donors (Lipinski definition) is 2.